The molecule has 0 aliphatic carbocycles. The van der Waals surface area contributed by atoms with Crippen molar-refractivity contribution in [1.82, 2.24) is 10.2 Å². The molecule has 0 aromatic rings. The maximum atomic E-state index is 11.0. The Morgan fingerprint density at radius 2 is 2.00 bits per heavy atom. The van der Waals surface area contributed by atoms with Crippen molar-refractivity contribution in [2.24, 2.45) is 0 Å². The van der Waals surface area contributed by atoms with E-state index >= 15 is 0 Å². The topological polar surface area (TPSA) is 89.9 Å². The Bertz CT molecular complexity index is 193. The van der Waals surface area contributed by atoms with Crippen LogP contribution in [0.1, 0.15) is 6.42 Å². The lowest BCUT2D eigenvalue weighted by Crippen LogP contribution is -2.45. The highest BCUT2D eigenvalue weighted by Crippen LogP contribution is 1.92. The number of carboxylic acids is 1. The third-order valence-electron chi connectivity index (χ3n) is 1.42. The lowest BCUT2D eigenvalue weighted by Gasteiger charge is -2.16. The number of nitrogens with zero attached hydrogens (tertiary/aromatic N) is 1. The zero-order chi connectivity index (χ0) is 10.4. The minimum Gasteiger partial charge on any atom is -0.480 e. The summed E-state index contributed by atoms with van der Waals surface area (Å²) >= 11 is 0. The molecule has 6 heteroatoms. The van der Waals surface area contributed by atoms with Crippen LogP contribution in [0.3, 0.4) is 0 Å². The molecule has 1 atom stereocenters. The van der Waals surface area contributed by atoms with Gasteiger partial charge in [0.15, 0.2) is 0 Å². The normalized spacial score (nSPS) is 11.9. The molecule has 0 bridgehead atoms. The Morgan fingerprint density at radius 3 is 2.31 bits per heavy atom. The highest BCUT2D eigenvalue weighted by Gasteiger charge is 2.19. The summed E-state index contributed by atoms with van der Waals surface area (Å²) in [5, 5.41) is 19.3. The number of hydrogen-bond acceptors (Lipinski definition) is 3. The van der Waals surface area contributed by atoms with Gasteiger partial charge in [-0.05, 0) is 0 Å². The summed E-state index contributed by atoms with van der Waals surface area (Å²) in [5.74, 6) is -1.15. The van der Waals surface area contributed by atoms with Gasteiger partial charge in [0.25, 0.3) is 0 Å². The van der Waals surface area contributed by atoms with Gasteiger partial charge in [0.1, 0.15) is 6.04 Å². The zero-order valence-electron chi connectivity index (χ0n) is 7.65. The molecule has 0 aromatic carbocycles. The van der Waals surface area contributed by atoms with Crippen molar-refractivity contribution in [3.05, 3.63) is 0 Å². The Morgan fingerprint density at radius 1 is 1.46 bits per heavy atom. The van der Waals surface area contributed by atoms with Gasteiger partial charge in [-0.1, -0.05) is 0 Å². The summed E-state index contributed by atoms with van der Waals surface area (Å²) in [7, 11) is 3.01. The molecule has 0 rings (SSSR count). The molecule has 0 saturated heterocycles. The highest BCUT2D eigenvalue weighted by atomic mass is 16.4. The molecule has 2 amide bonds. The number of aliphatic hydroxyl groups excluding tert-OH is 1. The molecule has 0 saturated carbocycles. The monoisotopic (exact) mass is 190 g/mol. The van der Waals surface area contributed by atoms with E-state index in [0.717, 1.165) is 0 Å². The van der Waals surface area contributed by atoms with Crippen molar-refractivity contribution in [1.29, 1.82) is 0 Å². The first-order valence-corrected chi connectivity index (χ1v) is 3.80. The highest BCUT2D eigenvalue weighted by molar-refractivity contribution is 5.82. The Labute approximate surface area is 76.2 Å². The third kappa shape index (κ3) is 4.32. The minimum atomic E-state index is -1.15. The van der Waals surface area contributed by atoms with E-state index in [4.69, 9.17) is 10.2 Å². The molecule has 0 spiro atoms. The van der Waals surface area contributed by atoms with Crippen LogP contribution >= 0.6 is 0 Å². The molecule has 0 radical (unpaired) electrons. The Hall–Kier alpha value is -1.30. The summed E-state index contributed by atoms with van der Waals surface area (Å²) in [5.41, 5.74) is 0. The largest absolute Gasteiger partial charge is 0.480 e. The van der Waals surface area contributed by atoms with E-state index in [0.29, 0.717) is 0 Å². The van der Waals surface area contributed by atoms with Crippen LogP contribution in [0.5, 0.6) is 0 Å². The summed E-state index contributed by atoms with van der Waals surface area (Å²) < 4.78 is 0. The second-order valence-electron chi connectivity index (χ2n) is 2.75. The standard InChI is InChI=1S/C7H14N2O4/c1-9(2)7(13)8-5(3-4-10)6(11)12/h5,10H,3-4H2,1-2H3,(H,8,13)(H,11,12)/t5-/m0/s1. The van der Waals surface area contributed by atoms with Gasteiger partial charge in [-0.3, -0.25) is 0 Å². The van der Waals surface area contributed by atoms with E-state index in [-0.39, 0.29) is 13.0 Å². The molecule has 6 nitrogen and oxygen atoms in total. The van der Waals surface area contributed by atoms with Gasteiger partial charge in [0, 0.05) is 27.1 Å². The zero-order valence-corrected chi connectivity index (χ0v) is 7.65. The first-order valence-electron chi connectivity index (χ1n) is 3.80. The van der Waals surface area contributed by atoms with E-state index < -0.39 is 18.0 Å². The molecule has 3 N–H and O–H groups in total. The molecule has 0 aromatic heterocycles. The fourth-order valence-corrected chi connectivity index (χ4v) is 0.665. The average Bonchev–Trinajstić information content (AvgIpc) is 2.03. The Kier molecular flexibility index (Phi) is 4.83. The van der Waals surface area contributed by atoms with Crippen molar-refractivity contribution < 1.29 is 19.8 Å². The minimum absolute atomic E-state index is 0.00884. The van der Waals surface area contributed by atoms with Crippen LogP contribution in [0.4, 0.5) is 4.79 Å². The summed E-state index contributed by atoms with van der Waals surface area (Å²) in [4.78, 5) is 22.7. The smallest absolute Gasteiger partial charge is 0.326 e. The lowest BCUT2D eigenvalue weighted by molar-refractivity contribution is -0.139. The van der Waals surface area contributed by atoms with Gasteiger partial charge in [0.05, 0.1) is 0 Å². The quantitative estimate of drug-likeness (QED) is 0.535. The SMILES string of the molecule is CN(C)C(=O)N[C@@H](CCO)C(=O)O. The second kappa shape index (κ2) is 5.36. The number of carboxylic acid groups (broad SMARTS) is 1. The maximum Gasteiger partial charge on any atom is 0.326 e. The Balaban J connectivity index is 4.10. The number of hydrogen-bond donors (Lipinski definition) is 3. The summed E-state index contributed by atoms with van der Waals surface area (Å²) in [6, 6.07) is -1.51. The van der Waals surface area contributed by atoms with E-state index in [1.54, 1.807) is 0 Å². The van der Waals surface area contributed by atoms with Gasteiger partial charge in [-0.2, -0.15) is 0 Å². The van der Waals surface area contributed by atoms with Crippen LogP contribution in [0.2, 0.25) is 0 Å². The van der Waals surface area contributed by atoms with Crippen LogP contribution in [0, 0.1) is 0 Å². The van der Waals surface area contributed by atoms with Gasteiger partial charge < -0.3 is 20.4 Å². The number of carbonyl (C=O) groups excluding carboxylic acids is 1. The molecule has 13 heavy (non-hydrogen) atoms. The van der Waals surface area contributed by atoms with Crippen LogP contribution in [-0.2, 0) is 4.79 Å². The van der Waals surface area contributed by atoms with Gasteiger partial charge in [0.2, 0.25) is 0 Å². The number of aliphatic carboxylic acids is 1. The molecular formula is C7H14N2O4. The first kappa shape index (κ1) is 11.7. The van der Waals surface area contributed by atoms with Crippen LogP contribution < -0.4 is 5.32 Å². The molecule has 0 aliphatic rings. The second-order valence-corrected chi connectivity index (χ2v) is 2.75. The van der Waals surface area contributed by atoms with Crippen LogP contribution in [0.15, 0.2) is 0 Å². The maximum absolute atomic E-state index is 11.0. The first-order chi connectivity index (χ1) is 5.99. The molecular weight excluding hydrogens is 176 g/mol. The van der Waals surface area contributed by atoms with E-state index in [1.165, 1.54) is 19.0 Å². The predicted molar refractivity (Wildman–Crippen MR) is 45.3 cm³/mol. The lowest BCUT2D eigenvalue weighted by atomic mass is 10.2. The molecule has 76 valence electrons. The summed E-state index contributed by atoms with van der Waals surface area (Å²) in [6.45, 7) is -0.273. The molecule has 0 heterocycles. The van der Waals surface area contributed by atoms with E-state index in [1.807, 2.05) is 0 Å². The molecule has 0 unspecified atom stereocenters. The number of aliphatic hydroxyl groups is 1. The fraction of sp³-hybridized carbons (Fsp3) is 0.714. The number of urea groups is 1. The molecule has 0 aliphatic heterocycles. The van der Waals surface area contributed by atoms with Crippen molar-refractivity contribution in [3.8, 4) is 0 Å². The van der Waals surface area contributed by atoms with E-state index in [2.05, 4.69) is 5.32 Å². The summed E-state index contributed by atoms with van der Waals surface area (Å²) in [6.07, 6.45) is 0.00884. The number of rotatable bonds is 4. The van der Waals surface area contributed by atoms with Gasteiger partial charge >= 0.3 is 12.0 Å². The van der Waals surface area contributed by atoms with Crippen molar-refractivity contribution >= 4 is 12.0 Å². The average molecular weight is 190 g/mol. The van der Waals surface area contributed by atoms with Crippen molar-refractivity contribution in [2.45, 2.75) is 12.5 Å². The van der Waals surface area contributed by atoms with E-state index in [9.17, 15) is 9.59 Å². The number of nitrogens with one attached hydrogen (secondary N) is 1. The third-order valence-corrected chi connectivity index (χ3v) is 1.42. The molecule has 0 fully saturated rings. The number of amides is 2. The van der Waals surface area contributed by atoms with Gasteiger partial charge in [-0.15, -0.1) is 0 Å². The predicted octanol–water partition coefficient (Wildman–Crippen LogP) is -0.907. The number of carbonyl (C=O) groups is 2. The van der Waals surface area contributed by atoms with Crippen molar-refractivity contribution in [3.63, 3.8) is 0 Å². The van der Waals surface area contributed by atoms with Crippen LogP contribution in [0.25, 0.3) is 0 Å². The fourth-order valence-electron chi connectivity index (χ4n) is 0.665. The van der Waals surface area contributed by atoms with Crippen molar-refractivity contribution in [2.75, 3.05) is 20.7 Å². The van der Waals surface area contributed by atoms with Gasteiger partial charge in [-0.25, -0.2) is 9.59 Å². The van der Waals surface area contributed by atoms with Crippen LogP contribution in [-0.4, -0.2) is 53.9 Å².